The molecule has 1 aliphatic carbocycles. The second-order valence-corrected chi connectivity index (χ2v) is 6.91. The second-order valence-electron chi connectivity index (χ2n) is 6.91. The van der Waals surface area contributed by atoms with Crippen molar-refractivity contribution in [1.82, 2.24) is 10.6 Å². The lowest BCUT2D eigenvalue weighted by Gasteiger charge is -2.26. The predicted molar refractivity (Wildman–Crippen MR) is 84.3 cm³/mol. The van der Waals surface area contributed by atoms with Crippen LogP contribution in [0, 0.1) is 5.92 Å². The number of ether oxygens (including phenoxy) is 2. The molecule has 1 unspecified atom stereocenters. The number of carbonyl (C=O) groups excluding carboxylic acids is 1. The number of fused-ring (bicyclic) bond motifs is 1. The number of benzene rings is 1. The number of hydrogen-bond donors (Lipinski definition) is 2. The monoisotopic (exact) mass is 304 g/mol. The fourth-order valence-electron chi connectivity index (χ4n) is 2.69. The van der Waals surface area contributed by atoms with E-state index in [4.69, 9.17) is 9.47 Å². The standard InChI is InChI=1S/C17H24N2O3/c1-11(12-4-5-12)19-16(20)18-9-17(2,3)13-6-7-14-15(8-13)22-10-21-14/h6-8,11-12H,4-5,9-10H2,1-3H3,(H2,18,19,20). The molecule has 1 aliphatic heterocycles. The molecule has 1 atom stereocenters. The first-order valence-electron chi connectivity index (χ1n) is 7.90. The minimum Gasteiger partial charge on any atom is -0.454 e. The van der Waals surface area contributed by atoms with E-state index in [1.807, 2.05) is 18.2 Å². The highest BCUT2D eigenvalue weighted by molar-refractivity contribution is 5.74. The molecule has 0 radical (unpaired) electrons. The van der Waals surface area contributed by atoms with Gasteiger partial charge >= 0.3 is 6.03 Å². The molecule has 0 saturated heterocycles. The van der Waals surface area contributed by atoms with E-state index in [0.717, 1.165) is 17.1 Å². The minimum atomic E-state index is -0.179. The summed E-state index contributed by atoms with van der Waals surface area (Å²) in [5.74, 6) is 2.22. The van der Waals surface area contributed by atoms with E-state index in [2.05, 4.69) is 31.4 Å². The van der Waals surface area contributed by atoms with Gasteiger partial charge in [-0.15, -0.1) is 0 Å². The fraction of sp³-hybridized carbons (Fsp3) is 0.588. The van der Waals surface area contributed by atoms with Gasteiger partial charge in [0, 0.05) is 18.0 Å². The molecule has 22 heavy (non-hydrogen) atoms. The first-order valence-corrected chi connectivity index (χ1v) is 7.90. The zero-order valence-corrected chi connectivity index (χ0v) is 13.4. The van der Waals surface area contributed by atoms with Gasteiger partial charge in [-0.25, -0.2) is 4.79 Å². The van der Waals surface area contributed by atoms with Crippen molar-refractivity contribution in [2.45, 2.75) is 45.1 Å². The summed E-state index contributed by atoms with van der Waals surface area (Å²) in [5.41, 5.74) is 0.938. The van der Waals surface area contributed by atoms with Crippen LogP contribution in [0.25, 0.3) is 0 Å². The van der Waals surface area contributed by atoms with Crippen molar-refractivity contribution >= 4 is 6.03 Å². The van der Waals surface area contributed by atoms with Gasteiger partial charge in [-0.05, 0) is 43.4 Å². The molecular formula is C17H24N2O3. The van der Waals surface area contributed by atoms with E-state index in [9.17, 15) is 4.79 Å². The van der Waals surface area contributed by atoms with E-state index >= 15 is 0 Å². The Morgan fingerprint density at radius 3 is 2.77 bits per heavy atom. The van der Waals surface area contributed by atoms with Crippen molar-refractivity contribution in [1.29, 1.82) is 0 Å². The molecule has 1 aromatic carbocycles. The molecular weight excluding hydrogens is 280 g/mol. The number of urea groups is 1. The number of hydrogen-bond acceptors (Lipinski definition) is 3. The molecule has 5 nitrogen and oxygen atoms in total. The van der Waals surface area contributed by atoms with Gasteiger partial charge in [0.2, 0.25) is 6.79 Å². The van der Waals surface area contributed by atoms with Crippen LogP contribution >= 0.6 is 0 Å². The average Bonchev–Trinajstić information content (AvgIpc) is 3.23. The van der Waals surface area contributed by atoms with Gasteiger partial charge < -0.3 is 20.1 Å². The van der Waals surface area contributed by atoms with E-state index in [1.165, 1.54) is 12.8 Å². The smallest absolute Gasteiger partial charge is 0.315 e. The maximum Gasteiger partial charge on any atom is 0.315 e. The van der Waals surface area contributed by atoms with Crippen molar-refractivity contribution in [2.24, 2.45) is 5.92 Å². The van der Waals surface area contributed by atoms with Gasteiger partial charge in [0.1, 0.15) is 0 Å². The molecule has 0 aromatic heterocycles. The molecule has 0 bridgehead atoms. The Morgan fingerprint density at radius 2 is 2.05 bits per heavy atom. The average molecular weight is 304 g/mol. The highest BCUT2D eigenvalue weighted by Gasteiger charge is 2.29. The van der Waals surface area contributed by atoms with Gasteiger partial charge in [-0.1, -0.05) is 19.9 Å². The van der Waals surface area contributed by atoms with Gasteiger partial charge in [0.25, 0.3) is 0 Å². The molecule has 5 heteroatoms. The first kappa shape index (κ1) is 15.0. The van der Waals surface area contributed by atoms with Crippen molar-refractivity contribution in [3.05, 3.63) is 23.8 Å². The molecule has 3 rings (SSSR count). The summed E-state index contributed by atoms with van der Waals surface area (Å²) in [7, 11) is 0. The molecule has 2 N–H and O–H groups in total. The molecule has 0 spiro atoms. The summed E-state index contributed by atoms with van der Waals surface area (Å²) in [6, 6.07) is 6.12. The van der Waals surface area contributed by atoms with Crippen molar-refractivity contribution < 1.29 is 14.3 Å². The third-order valence-electron chi connectivity index (χ3n) is 4.53. The number of nitrogens with one attached hydrogen (secondary N) is 2. The summed E-state index contributed by atoms with van der Waals surface area (Å²) in [6.07, 6.45) is 2.45. The quantitative estimate of drug-likeness (QED) is 0.879. The fourth-order valence-corrected chi connectivity index (χ4v) is 2.69. The lowest BCUT2D eigenvalue weighted by molar-refractivity contribution is 0.174. The van der Waals surface area contributed by atoms with Gasteiger partial charge in [-0.3, -0.25) is 0 Å². The number of carbonyl (C=O) groups is 1. The van der Waals surface area contributed by atoms with Crippen LogP contribution in [0.2, 0.25) is 0 Å². The van der Waals surface area contributed by atoms with E-state index in [1.54, 1.807) is 0 Å². The lowest BCUT2D eigenvalue weighted by atomic mass is 9.84. The zero-order valence-electron chi connectivity index (χ0n) is 13.4. The predicted octanol–water partition coefficient (Wildman–Crippen LogP) is 2.79. The Hall–Kier alpha value is -1.91. The molecule has 2 aliphatic rings. The lowest BCUT2D eigenvalue weighted by Crippen LogP contribution is -2.45. The van der Waals surface area contributed by atoms with Crippen LogP contribution in [0.1, 0.15) is 39.2 Å². The van der Waals surface area contributed by atoms with Crippen LogP contribution in [0.4, 0.5) is 4.79 Å². The summed E-state index contributed by atoms with van der Waals surface area (Å²) in [5, 5.41) is 5.99. The van der Waals surface area contributed by atoms with E-state index < -0.39 is 0 Å². The topological polar surface area (TPSA) is 59.6 Å². The Labute approximate surface area is 131 Å². The summed E-state index contributed by atoms with van der Waals surface area (Å²) in [4.78, 5) is 12.0. The van der Waals surface area contributed by atoms with Gasteiger partial charge in [-0.2, -0.15) is 0 Å². The zero-order chi connectivity index (χ0) is 15.7. The van der Waals surface area contributed by atoms with Gasteiger partial charge in [0.05, 0.1) is 0 Å². The third-order valence-corrected chi connectivity index (χ3v) is 4.53. The van der Waals surface area contributed by atoms with Crippen LogP contribution in [0.15, 0.2) is 18.2 Å². The molecule has 1 saturated carbocycles. The molecule has 1 fully saturated rings. The number of rotatable bonds is 5. The third kappa shape index (κ3) is 3.29. The normalized spacial score (nSPS) is 18.0. The molecule has 1 aromatic rings. The molecule has 1 heterocycles. The van der Waals surface area contributed by atoms with Crippen LogP contribution < -0.4 is 20.1 Å². The van der Waals surface area contributed by atoms with Crippen molar-refractivity contribution in [3.63, 3.8) is 0 Å². The highest BCUT2D eigenvalue weighted by Crippen LogP contribution is 2.36. The number of amides is 2. The maximum absolute atomic E-state index is 12.0. The first-order chi connectivity index (χ1) is 10.5. The minimum absolute atomic E-state index is 0.0896. The highest BCUT2D eigenvalue weighted by atomic mass is 16.7. The maximum atomic E-state index is 12.0. The van der Waals surface area contributed by atoms with Crippen LogP contribution in [-0.2, 0) is 5.41 Å². The molecule has 2 amide bonds. The van der Waals surface area contributed by atoms with Gasteiger partial charge in [0.15, 0.2) is 11.5 Å². The Morgan fingerprint density at radius 1 is 1.32 bits per heavy atom. The largest absolute Gasteiger partial charge is 0.454 e. The van der Waals surface area contributed by atoms with Crippen molar-refractivity contribution in [2.75, 3.05) is 13.3 Å². The molecule has 120 valence electrons. The second kappa shape index (κ2) is 5.71. The SMILES string of the molecule is CC(NC(=O)NCC(C)(C)c1ccc2c(c1)OCO2)C1CC1. The summed E-state index contributed by atoms with van der Waals surface area (Å²) < 4.78 is 10.8. The summed E-state index contributed by atoms with van der Waals surface area (Å²) >= 11 is 0. The summed E-state index contributed by atoms with van der Waals surface area (Å²) in [6.45, 7) is 7.12. The van der Waals surface area contributed by atoms with E-state index in [-0.39, 0.29) is 24.3 Å². The Kier molecular flexibility index (Phi) is 3.89. The Bertz CT molecular complexity index is 567. The Balaban J connectivity index is 1.57. The van der Waals surface area contributed by atoms with Crippen molar-refractivity contribution in [3.8, 4) is 11.5 Å². The van der Waals surface area contributed by atoms with Crippen LogP contribution in [-0.4, -0.2) is 25.4 Å². The van der Waals surface area contributed by atoms with E-state index in [0.29, 0.717) is 12.5 Å². The van der Waals surface area contributed by atoms with Crippen LogP contribution in [0.5, 0.6) is 11.5 Å². The van der Waals surface area contributed by atoms with Crippen LogP contribution in [0.3, 0.4) is 0 Å².